The van der Waals surface area contributed by atoms with Crippen LogP contribution in [0.25, 0.3) is 0 Å². The lowest BCUT2D eigenvalue weighted by Gasteiger charge is -2.08. The summed E-state index contributed by atoms with van der Waals surface area (Å²) in [5.41, 5.74) is 0. The first-order chi connectivity index (χ1) is 6.17. The number of carbonyl (C=O) groups is 1. The van der Waals surface area contributed by atoms with E-state index in [1.54, 1.807) is 0 Å². The normalized spacial score (nSPS) is 26.2. The van der Waals surface area contributed by atoms with E-state index >= 15 is 0 Å². The van der Waals surface area contributed by atoms with Crippen LogP contribution in [0, 0.1) is 5.92 Å². The Kier molecular flexibility index (Phi) is 7.59. The lowest BCUT2D eigenvalue weighted by molar-refractivity contribution is -0.244. The molecular weight excluding hydrogens is 287 g/mol. The first-order valence-corrected chi connectivity index (χ1v) is 5.72. The van der Waals surface area contributed by atoms with E-state index in [0.29, 0.717) is 6.61 Å². The molecule has 5 heteroatoms. The van der Waals surface area contributed by atoms with Crippen LogP contribution < -0.4 is 0 Å². The molecule has 0 spiro atoms. The average Bonchev–Trinajstić information content (AvgIpc) is 2.52. The Labute approximate surface area is 91.7 Å². The zero-order valence-electron chi connectivity index (χ0n) is 7.83. The van der Waals surface area contributed by atoms with Gasteiger partial charge in [0.15, 0.2) is 6.10 Å². The zero-order chi connectivity index (χ0) is 10.3. The summed E-state index contributed by atoms with van der Waals surface area (Å²) < 4.78 is 6.20. The number of carbonyl (C=O) groups excluding carboxylic acids is 1. The number of alkyl halides is 1. The number of ether oxygens (including phenoxy) is 1. The van der Waals surface area contributed by atoms with Gasteiger partial charge in [0.2, 0.25) is 0 Å². The molecule has 0 radical (unpaired) electrons. The van der Waals surface area contributed by atoms with Gasteiger partial charge in [-0.3, -0.25) is 4.89 Å². The lowest BCUT2D eigenvalue weighted by atomic mass is 10.1. The summed E-state index contributed by atoms with van der Waals surface area (Å²) in [5, 5.41) is 7.98. The fourth-order valence-electron chi connectivity index (χ4n) is 1.05. The first-order valence-electron chi connectivity index (χ1n) is 4.20. The van der Waals surface area contributed by atoms with Crippen molar-refractivity contribution in [3.05, 3.63) is 0 Å². The van der Waals surface area contributed by atoms with Gasteiger partial charge < -0.3 is 4.74 Å². The van der Waals surface area contributed by atoms with Crippen LogP contribution >= 0.6 is 22.6 Å². The minimum atomic E-state index is -0.690. The third kappa shape index (κ3) is 4.78. The predicted octanol–water partition coefficient (Wildman–Crippen LogP) is 1.87. The second-order valence-corrected chi connectivity index (χ2v) is 4.26. The molecule has 0 aromatic rings. The van der Waals surface area contributed by atoms with Crippen LogP contribution in [0.5, 0.6) is 0 Å². The Bertz CT molecular complexity index is 151. The molecule has 0 unspecified atom stereocenters. The molecule has 0 saturated carbocycles. The van der Waals surface area contributed by atoms with Crippen LogP contribution in [-0.4, -0.2) is 28.4 Å². The summed E-state index contributed by atoms with van der Waals surface area (Å²) in [5.74, 6) is -0.537. The number of hydrogen-bond acceptors (Lipinski definition) is 4. The van der Waals surface area contributed by atoms with Crippen molar-refractivity contribution in [1.29, 1.82) is 0 Å². The maximum Gasteiger partial charge on any atom is 0.370 e. The Morgan fingerprint density at radius 3 is 2.62 bits per heavy atom. The molecule has 0 aliphatic carbocycles. The van der Waals surface area contributed by atoms with Crippen LogP contribution in [0.1, 0.15) is 20.3 Å². The zero-order valence-corrected chi connectivity index (χ0v) is 9.98. The van der Waals surface area contributed by atoms with Gasteiger partial charge in [-0.25, -0.2) is 4.79 Å². The molecule has 0 aromatic heterocycles. The fraction of sp³-hybridized carbons (Fsp3) is 0.875. The summed E-state index contributed by atoms with van der Waals surface area (Å²) in [7, 11) is 0. The van der Waals surface area contributed by atoms with E-state index in [2.05, 4.69) is 34.4 Å². The van der Waals surface area contributed by atoms with Crippen LogP contribution in [-0.2, 0) is 14.4 Å². The van der Waals surface area contributed by atoms with E-state index in [-0.39, 0.29) is 5.92 Å². The molecule has 1 saturated heterocycles. The van der Waals surface area contributed by atoms with Gasteiger partial charge in [-0.1, -0.05) is 36.4 Å². The standard InChI is InChI=1S/C6H10O4.C2H5I/c1-4-2-3-9-5(4)6(7)10-8;1-2-3/h4-5,8H,2-3H2,1H3;2H2,1H3/t4-,5+;/m0./s1. The first kappa shape index (κ1) is 13.1. The van der Waals surface area contributed by atoms with Gasteiger partial charge in [0, 0.05) is 6.61 Å². The highest BCUT2D eigenvalue weighted by Crippen LogP contribution is 2.20. The molecule has 0 aromatic carbocycles. The Morgan fingerprint density at radius 1 is 1.77 bits per heavy atom. The van der Waals surface area contributed by atoms with Crippen molar-refractivity contribution in [2.45, 2.75) is 26.4 Å². The molecule has 1 heterocycles. The van der Waals surface area contributed by atoms with Crippen LogP contribution in [0.4, 0.5) is 0 Å². The van der Waals surface area contributed by atoms with Crippen LogP contribution in [0.15, 0.2) is 0 Å². The van der Waals surface area contributed by atoms with Gasteiger partial charge in [0.05, 0.1) is 0 Å². The molecule has 13 heavy (non-hydrogen) atoms. The maximum absolute atomic E-state index is 10.6. The van der Waals surface area contributed by atoms with E-state index in [1.807, 2.05) is 6.92 Å². The minimum absolute atomic E-state index is 0.152. The molecule has 4 nitrogen and oxygen atoms in total. The van der Waals surface area contributed by atoms with Crippen molar-refractivity contribution in [2.24, 2.45) is 5.92 Å². The second-order valence-electron chi connectivity index (χ2n) is 2.73. The summed E-state index contributed by atoms with van der Waals surface area (Å²) in [4.78, 5) is 14.2. The Hall–Kier alpha value is 0.120. The highest BCUT2D eigenvalue weighted by molar-refractivity contribution is 14.1. The summed E-state index contributed by atoms with van der Waals surface area (Å²) in [6.07, 6.45) is 0.282. The molecule has 1 aliphatic rings. The monoisotopic (exact) mass is 302 g/mol. The number of rotatable bonds is 1. The van der Waals surface area contributed by atoms with Gasteiger partial charge in [-0.15, -0.1) is 0 Å². The number of hydrogen-bond donors (Lipinski definition) is 1. The molecule has 1 fully saturated rings. The molecule has 1 rings (SSSR count). The smallest absolute Gasteiger partial charge is 0.366 e. The largest absolute Gasteiger partial charge is 0.370 e. The third-order valence-corrected chi connectivity index (χ3v) is 1.71. The van der Waals surface area contributed by atoms with Crippen molar-refractivity contribution in [2.75, 3.05) is 11.0 Å². The molecule has 2 atom stereocenters. The molecule has 0 bridgehead atoms. The highest BCUT2D eigenvalue weighted by atomic mass is 127. The molecule has 1 N–H and O–H groups in total. The Morgan fingerprint density at radius 2 is 2.31 bits per heavy atom. The molecule has 78 valence electrons. The minimum Gasteiger partial charge on any atom is -0.366 e. The topological polar surface area (TPSA) is 55.8 Å². The van der Waals surface area contributed by atoms with E-state index in [9.17, 15) is 4.79 Å². The second kappa shape index (κ2) is 7.52. The molecule has 0 amide bonds. The molecule has 1 aliphatic heterocycles. The van der Waals surface area contributed by atoms with E-state index < -0.39 is 12.1 Å². The van der Waals surface area contributed by atoms with Crippen LogP contribution in [0.3, 0.4) is 0 Å². The average molecular weight is 302 g/mol. The Balaban J connectivity index is 0.000000424. The van der Waals surface area contributed by atoms with Crippen LogP contribution in [0.2, 0.25) is 0 Å². The predicted molar refractivity (Wildman–Crippen MR) is 56.8 cm³/mol. The van der Waals surface area contributed by atoms with Gasteiger partial charge in [0.25, 0.3) is 0 Å². The highest BCUT2D eigenvalue weighted by Gasteiger charge is 2.32. The van der Waals surface area contributed by atoms with E-state index in [0.717, 1.165) is 6.42 Å². The van der Waals surface area contributed by atoms with E-state index in [1.165, 1.54) is 4.43 Å². The van der Waals surface area contributed by atoms with Crippen molar-refractivity contribution in [1.82, 2.24) is 0 Å². The van der Waals surface area contributed by atoms with E-state index in [4.69, 9.17) is 9.99 Å². The van der Waals surface area contributed by atoms with Crippen molar-refractivity contribution < 1.29 is 19.7 Å². The third-order valence-electron chi connectivity index (χ3n) is 1.71. The van der Waals surface area contributed by atoms with Crippen molar-refractivity contribution in [3.8, 4) is 0 Å². The lowest BCUT2D eigenvalue weighted by Crippen LogP contribution is -2.26. The maximum atomic E-state index is 10.6. The fourth-order valence-corrected chi connectivity index (χ4v) is 1.05. The summed E-state index contributed by atoms with van der Waals surface area (Å²) in [6, 6.07) is 0. The molecular formula is C8H15IO4. The van der Waals surface area contributed by atoms with Gasteiger partial charge >= 0.3 is 5.97 Å². The van der Waals surface area contributed by atoms with Crippen molar-refractivity contribution >= 4 is 28.6 Å². The van der Waals surface area contributed by atoms with Gasteiger partial charge in [-0.05, 0) is 16.8 Å². The quantitative estimate of drug-likeness (QED) is 0.348. The van der Waals surface area contributed by atoms with Crippen molar-refractivity contribution in [3.63, 3.8) is 0 Å². The van der Waals surface area contributed by atoms with Gasteiger partial charge in [0.1, 0.15) is 0 Å². The number of halogens is 1. The SMILES string of the molecule is CCI.C[C@H]1CCO[C@H]1C(=O)OO. The summed E-state index contributed by atoms with van der Waals surface area (Å²) in [6.45, 7) is 4.57. The summed E-state index contributed by atoms with van der Waals surface area (Å²) >= 11 is 2.29. The van der Waals surface area contributed by atoms with Gasteiger partial charge in [-0.2, -0.15) is 5.26 Å².